The highest BCUT2D eigenvalue weighted by molar-refractivity contribution is 5.17. The Morgan fingerprint density at radius 3 is 2.74 bits per heavy atom. The molecule has 0 amide bonds. The van der Waals surface area contributed by atoms with E-state index in [4.69, 9.17) is 5.73 Å². The van der Waals surface area contributed by atoms with E-state index in [1.54, 1.807) is 0 Å². The van der Waals surface area contributed by atoms with Gasteiger partial charge in [-0.25, -0.2) is 0 Å². The Balaban J connectivity index is 2.18. The van der Waals surface area contributed by atoms with E-state index in [1.165, 1.54) is 37.9 Å². The van der Waals surface area contributed by atoms with Crippen LogP contribution < -0.4 is 5.73 Å². The quantitative estimate of drug-likeness (QED) is 0.906. The van der Waals surface area contributed by atoms with Gasteiger partial charge in [0, 0.05) is 24.5 Å². The fraction of sp³-hybridized carbons (Fsp3) is 0.688. The summed E-state index contributed by atoms with van der Waals surface area (Å²) in [6.07, 6.45) is 8.70. The van der Waals surface area contributed by atoms with Gasteiger partial charge in [0.25, 0.3) is 0 Å². The first-order valence-electron chi connectivity index (χ1n) is 7.62. The number of pyridine rings is 1. The zero-order valence-electron chi connectivity index (χ0n) is 12.3. The Bertz CT molecular complexity index is 366. The molecule has 3 atom stereocenters. The molecule has 1 aliphatic rings. The number of rotatable bonds is 4. The van der Waals surface area contributed by atoms with E-state index in [0.29, 0.717) is 6.04 Å². The first-order valence-corrected chi connectivity index (χ1v) is 7.62. The molecule has 1 aromatic rings. The Hall–Kier alpha value is -0.930. The van der Waals surface area contributed by atoms with Crippen LogP contribution in [0.2, 0.25) is 0 Å². The molecular formula is C16H27N3. The minimum atomic E-state index is 0.204. The molecule has 0 aliphatic carbocycles. The SMILES string of the molecule is CCC(N)C(c1ccncc1)N1CCCC(C)CC1. The van der Waals surface area contributed by atoms with Crippen molar-refractivity contribution in [1.82, 2.24) is 9.88 Å². The topological polar surface area (TPSA) is 42.1 Å². The minimum Gasteiger partial charge on any atom is -0.326 e. The van der Waals surface area contributed by atoms with E-state index in [9.17, 15) is 0 Å². The predicted molar refractivity (Wildman–Crippen MR) is 79.8 cm³/mol. The molecule has 1 aromatic heterocycles. The van der Waals surface area contributed by atoms with Gasteiger partial charge in [-0.15, -0.1) is 0 Å². The van der Waals surface area contributed by atoms with Crippen LogP contribution in [0.4, 0.5) is 0 Å². The van der Waals surface area contributed by atoms with Crippen molar-refractivity contribution in [2.24, 2.45) is 11.7 Å². The number of nitrogens with two attached hydrogens (primary N) is 1. The molecule has 2 N–H and O–H groups in total. The second-order valence-corrected chi connectivity index (χ2v) is 5.87. The van der Waals surface area contributed by atoms with Crippen molar-refractivity contribution in [3.8, 4) is 0 Å². The highest BCUT2D eigenvalue weighted by Gasteiger charge is 2.27. The molecule has 1 aliphatic heterocycles. The maximum absolute atomic E-state index is 6.40. The van der Waals surface area contributed by atoms with Gasteiger partial charge in [0.05, 0.1) is 0 Å². The smallest absolute Gasteiger partial charge is 0.0500 e. The molecule has 0 spiro atoms. The van der Waals surface area contributed by atoms with Gasteiger partial charge in [-0.1, -0.05) is 13.8 Å². The number of likely N-dealkylation sites (tertiary alicyclic amines) is 1. The molecule has 2 heterocycles. The van der Waals surface area contributed by atoms with Crippen LogP contribution in [-0.4, -0.2) is 29.0 Å². The molecule has 1 saturated heterocycles. The molecular weight excluding hydrogens is 234 g/mol. The lowest BCUT2D eigenvalue weighted by Crippen LogP contribution is -2.41. The lowest BCUT2D eigenvalue weighted by atomic mass is 9.97. The summed E-state index contributed by atoms with van der Waals surface area (Å²) in [7, 11) is 0. The standard InChI is InChI=1S/C16H27N3/c1-3-15(17)16(14-6-9-18-10-7-14)19-11-4-5-13(2)8-12-19/h6-7,9-10,13,15-16H,3-5,8,11-12,17H2,1-2H3. The Labute approximate surface area is 117 Å². The fourth-order valence-electron chi connectivity index (χ4n) is 3.08. The highest BCUT2D eigenvalue weighted by atomic mass is 15.2. The van der Waals surface area contributed by atoms with Crippen molar-refractivity contribution in [2.45, 2.75) is 51.6 Å². The van der Waals surface area contributed by atoms with Gasteiger partial charge in [-0.3, -0.25) is 9.88 Å². The van der Waals surface area contributed by atoms with Gasteiger partial charge < -0.3 is 5.73 Å². The maximum Gasteiger partial charge on any atom is 0.0500 e. The molecule has 3 heteroatoms. The molecule has 0 saturated carbocycles. The van der Waals surface area contributed by atoms with Crippen molar-refractivity contribution < 1.29 is 0 Å². The van der Waals surface area contributed by atoms with Crippen LogP contribution in [0.15, 0.2) is 24.5 Å². The van der Waals surface area contributed by atoms with Crippen LogP contribution >= 0.6 is 0 Å². The van der Waals surface area contributed by atoms with E-state index in [2.05, 4.69) is 35.9 Å². The molecule has 106 valence electrons. The summed E-state index contributed by atoms with van der Waals surface area (Å²) >= 11 is 0. The van der Waals surface area contributed by atoms with Gasteiger partial charge in [0.15, 0.2) is 0 Å². The van der Waals surface area contributed by atoms with Crippen LogP contribution in [0.25, 0.3) is 0 Å². The van der Waals surface area contributed by atoms with Gasteiger partial charge in [-0.05, 0) is 62.4 Å². The Kier molecular flexibility index (Phi) is 5.34. The Morgan fingerprint density at radius 2 is 2.05 bits per heavy atom. The third kappa shape index (κ3) is 3.77. The molecule has 2 rings (SSSR count). The monoisotopic (exact) mass is 261 g/mol. The van der Waals surface area contributed by atoms with Crippen molar-refractivity contribution in [3.63, 3.8) is 0 Å². The first kappa shape index (κ1) is 14.5. The van der Waals surface area contributed by atoms with Gasteiger partial charge in [0.2, 0.25) is 0 Å². The molecule has 3 nitrogen and oxygen atoms in total. The highest BCUT2D eigenvalue weighted by Crippen LogP contribution is 2.28. The normalized spacial score (nSPS) is 24.7. The summed E-state index contributed by atoms with van der Waals surface area (Å²) in [5.74, 6) is 0.848. The van der Waals surface area contributed by atoms with Gasteiger partial charge in [0.1, 0.15) is 0 Å². The van der Waals surface area contributed by atoms with E-state index >= 15 is 0 Å². The third-order valence-corrected chi connectivity index (χ3v) is 4.37. The zero-order valence-corrected chi connectivity index (χ0v) is 12.3. The van der Waals surface area contributed by atoms with Crippen LogP contribution in [-0.2, 0) is 0 Å². The third-order valence-electron chi connectivity index (χ3n) is 4.37. The van der Waals surface area contributed by atoms with Crippen LogP contribution in [0.1, 0.15) is 51.1 Å². The minimum absolute atomic E-state index is 0.204. The molecule has 1 fully saturated rings. The van der Waals surface area contributed by atoms with E-state index < -0.39 is 0 Å². The average molecular weight is 261 g/mol. The summed E-state index contributed by atoms with van der Waals surface area (Å²) < 4.78 is 0. The number of nitrogens with zero attached hydrogens (tertiary/aromatic N) is 2. The van der Waals surface area contributed by atoms with Crippen molar-refractivity contribution in [2.75, 3.05) is 13.1 Å². The number of aromatic nitrogens is 1. The van der Waals surface area contributed by atoms with E-state index in [0.717, 1.165) is 12.3 Å². The van der Waals surface area contributed by atoms with Gasteiger partial charge in [-0.2, -0.15) is 0 Å². The average Bonchev–Trinajstić information content (AvgIpc) is 2.65. The first-order chi connectivity index (χ1) is 9.22. The summed E-state index contributed by atoms with van der Waals surface area (Å²) in [5, 5.41) is 0. The predicted octanol–water partition coefficient (Wildman–Crippen LogP) is 2.98. The van der Waals surface area contributed by atoms with Crippen molar-refractivity contribution >= 4 is 0 Å². The molecule has 19 heavy (non-hydrogen) atoms. The number of hydrogen-bond donors (Lipinski definition) is 1. The largest absolute Gasteiger partial charge is 0.326 e. The fourth-order valence-corrected chi connectivity index (χ4v) is 3.08. The summed E-state index contributed by atoms with van der Waals surface area (Å²) in [5.41, 5.74) is 7.72. The van der Waals surface area contributed by atoms with Crippen molar-refractivity contribution in [3.05, 3.63) is 30.1 Å². The number of hydrogen-bond acceptors (Lipinski definition) is 3. The van der Waals surface area contributed by atoms with E-state index in [1.807, 2.05) is 12.4 Å². The molecule has 0 radical (unpaired) electrons. The summed E-state index contributed by atoms with van der Waals surface area (Å²) in [6.45, 7) is 6.89. The van der Waals surface area contributed by atoms with Gasteiger partial charge >= 0.3 is 0 Å². The zero-order chi connectivity index (χ0) is 13.7. The van der Waals surface area contributed by atoms with Crippen LogP contribution in [0.5, 0.6) is 0 Å². The Morgan fingerprint density at radius 1 is 1.32 bits per heavy atom. The molecule has 0 aromatic carbocycles. The lowest BCUT2D eigenvalue weighted by molar-refractivity contribution is 0.174. The second kappa shape index (κ2) is 7.01. The second-order valence-electron chi connectivity index (χ2n) is 5.87. The maximum atomic E-state index is 6.40. The summed E-state index contributed by atoms with van der Waals surface area (Å²) in [4.78, 5) is 6.72. The van der Waals surface area contributed by atoms with E-state index in [-0.39, 0.29) is 6.04 Å². The van der Waals surface area contributed by atoms with Crippen LogP contribution in [0, 0.1) is 5.92 Å². The lowest BCUT2D eigenvalue weighted by Gasteiger charge is -2.35. The van der Waals surface area contributed by atoms with Crippen molar-refractivity contribution in [1.29, 1.82) is 0 Å². The molecule has 3 unspecified atom stereocenters. The van der Waals surface area contributed by atoms with Crippen LogP contribution in [0.3, 0.4) is 0 Å². The molecule has 0 bridgehead atoms. The summed E-state index contributed by atoms with van der Waals surface area (Å²) in [6, 6.07) is 4.79.